The molecule has 0 aliphatic heterocycles. The molecule has 7 nitrogen and oxygen atoms in total. The topological polar surface area (TPSA) is 94.4 Å². The second-order valence-electron chi connectivity index (χ2n) is 5.29. The van der Waals surface area contributed by atoms with Gasteiger partial charge in [-0.05, 0) is 48.5 Å². The van der Waals surface area contributed by atoms with Gasteiger partial charge in [-0.15, -0.1) is 0 Å². The monoisotopic (exact) mass is 368 g/mol. The van der Waals surface area contributed by atoms with Crippen LogP contribution < -0.4 is 9.84 Å². The van der Waals surface area contributed by atoms with Crippen LogP contribution in [0.25, 0.3) is 0 Å². The summed E-state index contributed by atoms with van der Waals surface area (Å²) in [5.74, 6) is 0. The van der Waals surface area contributed by atoms with Crippen LogP contribution in [0.15, 0.2) is 95.2 Å². The Labute approximate surface area is 151 Å². The highest BCUT2D eigenvalue weighted by molar-refractivity contribution is 7.83. The second-order valence-corrected chi connectivity index (χ2v) is 6.42. The molecule has 0 saturated heterocycles. The quantitative estimate of drug-likeness (QED) is 0.379. The largest absolute Gasteiger partial charge is 0.350 e. The van der Waals surface area contributed by atoms with Crippen molar-refractivity contribution >= 4 is 33.1 Å². The number of para-hydroxylation sites is 1. The predicted octanol–water partition coefficient (Wildman–Crippen LogP) is 4.55. The number of hydrogen-bond acceptors (Lipinski definition) is 5. The summed E-state index contributed by atoms with van der Waals surface area (Å²) in [5.41, 5.74) is 2.39. The number of azo groups is 1. The van der Waals surface area contributed by atoms with Crippen LogP contribution in [0.4, 0.5) is 22.7 Å². The molecule has 0 heterocycles. The molecule has 3 aromatic carbocycles. The van der Waals surface area contributed by atoms with E-state index in [0.717, 1.165) is 5.69 Å². The molecule has 3 aromatic rings. The lowest BCUT2D eigenvalue weighted by Gasteiger charge is -2.23. The summed E-state index contributed by atoms with van der Waals surface area (Å²) >= 11 is 0. The predicted molar refractivity (Wildman–Crippen MR) is 100 cm³/mol. The van der Waals surface area contributed by atoms with E-state index in [1.165, 1.54) is 5.01 Å². The number of hydrazine groups is 1. The van der Waals surface area contributed by atoms with Crippen LogP contribution in [0.5, 0.6) is 0 Å². The van der Waals surface area contributed by atoms with Crippen molar-refractivity contribution in [3.05, 3.63) is 84.9 Å². The third-order valence-corrected chi connectivity index (χ3v) is 3.78. The second kappa shape index (κ2) is 7.87. The maximum atomic E-state index is 11.3. The smallest absolute Gasteiger partial charge is 0.272 e. The van der Waals surface area contributed by atoms with Crippen molar-refractivity contribution in [1.29, 1.82) is 0 Å². The molecular formula is C18H16N4O3S. The third kappa shape index (κ3) is 4.96. The molecule has 0 aromatic heterocycles. The van der Waals surface area contributed by atoms with E-state index in [1.807, 2.05) is 36.4 Å². The third-order valence-electron chi connectivity index (χ3n) is 3.37. The van der Waals surface area contributed by atoms with E-state index >= 15 is 0 Å². The van der Waals surface area contributed by atoms with Gasteiger partial charge in [0.2, 0.25) is 0 Å². The Kier molecular flexibility index (Phi) is 5.37. The molecule has 3 rings (SSSR count). The number of nitrogens with one attached hydrogen (secondary N) is 1. The first kappa shape index (κ1) is 17.7. The number of benzene rings is 3. The number of rotatable bonds is 6. The van der Waals surface area contributed by atoms with Gasteiger partial charge in [0.15, 0.2) is 0 Å². The van der Waals surface area contributed by atoms with Gasteiger partial charge in [-0.2, -0.15) is 18.6 Å². The van der Waals surface area contributed by atoms with Gasteiger partial charge in [0, 0.05) is 0 Å². The van der Waals surface area contributed by atoms with Crippen LogP contribution in [0.2, 0.25) is 0 Å². The normalized spacial score (nSPS) is 11.6. The fourth-order valence-corrected chi connectivity index (χ4v) is 2.67. The van der Waals surface area contributed by atoms with Crippen molar-refractivity contribution in [2.24, 2.45) is 10.2 Å². The minimum Gasteiger partial charge on any atom is -0.272 e. The minimum absolute atomic E-state index is 0.507. The van der Waals surface area contributed by atoms with Crippen LogP contribution in [0, 0.1) is 0 Å². The van der Waals surface area contributed by atoms with Crippen molar-refractivity contribution in [3.8, 4) is 0 Å². The van der Waals surface area contributed by atoms with Crippen LogP contribution >= 0.6 is 0 Å². The van der Waals surface area contributed by atoms with Crippen molar-refractivity contribution in [3.63, 3.8) is 0 Å². The Hall–Kier alpha value is -3.07. The maximum absolute atomic E-state index is 11.3. The molecule has 26 heavy (non-hydrogen) atoms. The first-order valence-electron chi connectivity index (χ1n) is 7.68. The first-order chi connectivity index (χ1) is 12.5. The van der Waals surface area contributed by atoms with Crippen molar-refractivity contribution in [2.45, 2.75) is 0 Å². The Morgan fingerprint density at radius 2 is 1.15 bits per heavy atom. The van der Waals surface area contributed by atoms with E-state index in [1.54, 1.807) is 48.5 Å². The molecule has 0 amide bonds. The highest BCUT2D eigenvalue weighted by Crippen LogP contribution is 2.26. The average Bonchev–Trinajstić information content (AvgIpc) is 2.66. The first-order valence-corrected chi connectivity index (χ1v) is 9.12. The minimum atomic E-state index is -4.44. The van der Waals surface area contributed by atoms with Gasteiger partial charge in [0.05, 0.1) is 22.7 Å². The summed E-state index contributed by atoms with van der Waals surface area (Å²) in [6, 6.07) is 24.8. The molecule has 0 aliphatic rings. The molecule has 2 N–H and O–H groups in total. The van der Waals surface area contributed by atoms with Crippen LogP contribution in [-0.2, 0) is 10.3 Å². The van der Waals surface area contributed by atoms with Gasteiger partial charge in [-0.3, -0.25) is 9.56 Å². The van der Waals surface area contributed by atoms with Gasteiger partial charge < -0.3 is 0 Å². The highest BCUT2D eigenvalue weighted by atomic mass is 32.2. The summed E-state index contributed by atoms with van der Waals surface area (Å²) in [5, 5.41) is 9.53. The van der Waals surface area contributed by atoms with Gasteiger partial charge in [-0.25, -0.2) is 0 Å². The maximum Gasteiger partial charge on any atom is 0.350 e. The average molecular weight is 368 g/mol. The zero-order valence-electron chi connectivity index (χ0n) is 13.6. The molecule has 0 saturated carbocycles. The van der Waals surface area contributed by atoms with Gasteiger partial charge in [-0.1, -0.05) is 41.2 Å². The Morgan fingerprint density at radius 1 is 0.692 bits per heavy atom. The Balaban J connectivity index is 1.85. The number of hydrogen-bond donors (Lipinski definition) is 2. The van der Waals surface area contributed by atoms with Crippen molar-refractivity contribution < 1.29 is 13.0 Å². The van der Waals surface area contributed by atoms with Crippen LogP contribution in [0.1, 0.15) is 0 Å². The molecule has 132 valence electrons. The van der Waals surface area contributed by atoms with E-state index in [4.69, 9.17) is 4.55 Å². The molecule has 0 radical (unpaired) electrons. The zero-order valence-corrected chi connectivity index (χ0v) is 14.4. The number of nitrogens with zero attached hydrogens (tertiary/aromatic N) is 3. The van der Waals surface area contributed by atoms with E-state index in [2.05, 4.69) is 15.1 Å². The summed E-state index contributed by atoms with van der Waals surface area (Å²) < 4.78 is 31.7. The molecule has 0 unspecified atom stereocenters. The fraction of sp³-hybridized carbons (Fsp3) is 0. The Morgan fingerprint density at radius 3 is 1.69 bits per heavy atom. The Bertz CT molecular complexity index is 976. The lowest BCUT2D eigenvalue weighted by Crippen LogP contribution is -2.38. The van der Waals surface area contributed by atoms with E-state index in [-0.39, 0.29) is 0 Å². The molecule has 0 atom stereocenters. The van der Waals surface area contributed by atoms with Gasteiger partial charge in [0.1, 0.15) is 0 Å². The number of anilines is 2. The standard InChI is InChI=1S/C18H16N4O3S/c23-26(24,25)21-22(17-9-5-2-6-10-17)18-13-11-16(12-14-18)20-19-15-7-3-1-4-8-15/h1-14,21H,(H,23,24,25)/b20-19+. The molecule has 0 bridgehead atoms. The van der Waals surface area contributed by atoms with E-state index in [0.29, 0.717) is 17.1 Å². The fourth-order valence-electron chi connectivity index (χ4n) is 2.23. The highest BCUT2D eigenvalue weighted by Gasteiger charge is 2.15. The summed E-state index contributed by atoms with van der Waals surface area (Å²) in [4.78, 5) is 2.07. The van der Waals surface area contributed by atoms with E-state index < -0.39 is 10.3 Å². The van der Waals surface area contributed by atoms with Crippen molar-refractivity contribution in [2.75, 3.05) is 5.01 Å². The molecule has 0 fully saturated rings. The lowest BCUT2D eigenvalue weighted by molar-refractivity contribution is 0.468. The van der Waals surface area contributed by atoms with Crippen LogP contribution in [-0.4, -0.2) is 13.0 Å². The molecule has 0 spiro atoms. The molecule has 0 aliphatic carbocycles. The van der Waals surface area contributed by atoms with Gasteiger partial charge in [0.25, 0.3) is 0 Å². The van der Waals surface area contributed by atoms with Crippen molar-refractivity contribution in [1.82, 2.24) is 4.83 Å². The van der Waals surface area contributed by atoms with E-state index in [9.17, 15) is 8.42 Å². The lowest BCUT2D eigenvalue weighted by atomic mass is 10.2. The molecule has 8 heteroatoms. The summed E-state index contributed by atoms with van der Waals surface area (Å²) in [6.07, 6.45) is 0. The zero-order chi connectivity index (χ0) is 18.4. The SMILES string of the molecule is O=S(=O)(O)NN(c1ccccc1)c1ccc(/N=N/c2ccccc2)cc1. The summed E-state index contributed by atoms with van der Waals surface area (Å²) in [7, 11) is -4.44. The molecular weight excluding hydrogens is 352 g/mol. The summed E-state index contributed by atoms with van der Waals surface area (Å²) in [6.45, 7) is 0. The van der Waals surface area contributed by atoms with Gasteiger partial charge >= 0.3 is 10.3 Å². The van der Waals surface area contributed by atoms with Crippen LogP contribution in [0.3, 0.4) is 0 Å².